The Kier molecular flexibility index (Phi) is 4.46. The maximum absolute atomic E-state index is 13.8. The summed E-state index contributed by atoms with van der Waals surface area (Å²) in [5.74, 6) is -3.00. The lowest BCUT2D eigenvalue weighted by Crippen LogP contribution is -2.19. The van der Waals surface area contributed by atoms with Gasteiger partial charge < -0.3 is 5.32 Å². The smallest absolute Gasteiger partial charge is 0.161 e. The predicted molar refractivity (Wildman–Crippen MR) is 76.4 cm³/mol. The molecule has 2 aromatic carbocycles. The Morgan fingerprint density at radius 1 is 0.947 bits per heavy atom. The molecule has 1 unspecified atom stereocenters. The van der Waals surface area contributed by atoms with Gasteiger partial charge in [0.05, 0.1) is 6.04 Å². The van der Waals surface area contributed by atoms with Gasteiger partial charge in [0.15, 0.2) is 11.6 Å². The highest BCUT2D eigenvalue weighted by Gasteiger charge is 2.19. The van der Waals surface area contributed by atoms with Crippen molar-refractivity contribution in [3.8, 4) is 0 Å². The summed E-state index contributed by atoms with van der Waals surface area (Å²) < 4.78 is 41.0. The third-order valence-corrected chi connectivity index (χ3v) is 3.56. The monoisotopic (exact) mass is 377 g/mol. The summed E-state index contributed by atoms with van der Waals surface area (Å²) in [5.41, 5.74) is 0.871. The number of hydrogen-bond acceptors (Lipinski definition) is 1. The van der Waals surface area contributed by atoms with E-state index >= 15 is 0 Å². The summed E-state index contributed by atoms with van der Waals surface area (Å²) in [5, 5.41) is 2.91. The van der Waals surface area contributed by atoms with E-state index in [2.05, 4.69) is 27.9 Å². The Morgan fingerprint density at radius 2 is 1.53 bits per heavy atom. The van der Waals surface area contributed by atoms with Gasteiger partial charge >= 0.3 is 0 Å². The van der Waals surface area contributed by atoms with Gasteiger partial charge in [0.2, 0.25) is 0 Å². The molecule has 5 heteroatoms. The number of rotatable bonds is 3. The van der Waals surface area contributed by atoms with Crippen LogP contribution in [0.1, 0.15) is 17.2 Å². The lowest BCUT2D eigenvalue weighted by atomic mass is 9.98. The fourth-order valence-corrected chi connectivity index (χ4v) is 2.28. The first-order valence-corrected chi connectivity index (χ1v) is 6.68. The van der Waals surface area contributed by atoms with Gasteiger partial charge in [-0.1, -0.05) is 12.1 Å². The Hall–Kier alpha value is -1.08. The quantitative estimate of drug-likeness (QED) is 0.630. The van der Waals surface area contributed by atoms with Gasteiger partial charge in [-0.15, -0.1) is 0 Å². The van der Waals surface area contributed by atoms with Crippen LogP contribution >= 0.6 is 22.6 Å². The summed E-state index contributed by atoms with van der Waals surface area (Å²) in [6, 6.07) is 8.33. The molecule has 0 fully saturated rings. The molecule has 0 saturated carbocycles. The van der Waals surface area contributed by atoms with Crippen LogP contribution in [-0.2, 0) is 0 Å². The molecule has 0 spiro atoms. The Bertz CT molecular complexity index is 584. The zero-order valence-corrected chi connectivity index (χ0v) is 12.2. The van der Waals surface area contributed by atoms with E-state index in [1.54, 1.807) is 7.05 Å². The van der Waals surface area contributed by atoms with Gasteiger partial charge in [0, 0.05) is 15.2 Å². The SMILES string of the molecule is CNC(c1ccc(I)cc1)c1cc(F)c(F)cc1F. The van der Waals surface area contributed by atoms with Gasteiger partial charge in [0.25, 0.3) is 0 Å². The van der Waals surface area contributed by atoms with Gasteiger partial charge in [-0.2, -0.15) is 0 Å². The number of hydrogen-bond donors (Lipinski definition) is 1. The molecule has 0 aliphatic rings. The van der Waals surface area contributed by atoms with Crippen LogP contribution in [0, 0.1) is 21.0 Å². The average molecular weight is 377 g/mol. The molecule has 2 aromatic rings. The van der Waals surface area contributed by atoms with Crippen LogP contribution in [-0.4, -0.2) is 7.05 Å². The van der Waals surface area contributed by atoms with Crippen LogP contribution in [0.5, 0.6) is 0 Å². The van der Waals surface area contributed by atoms with Gasteiger partial charge in [-0.25, -0.2) is 13.2 Å². The minimum Gasteiger partial charge on any atom is -0.309 e. The third-order valence-electron chi connectivity index (χ3n) is 2.84. The molecular weight excluding hydrogens is 366 g/mol. The molecule has 0 amide bonds. The number of halogens is 4. The zero-order valence-electron chi connectivity index (χ0n) is 10.1. The summed E-state index contributed by atoms with van der Waals surface area (Å²) in [6.45, 7) is 0. The van der Waals surface area contributed by atoms with Gasteiger partial charge in [-0.3, -0.25) is 0 Å². The molecule has 100 valence electrons. The summed E-state index contributed by atoms with van der Waals surface area (Å²) in [4.78, 5) is 0. The second kappa shape index (κ2) is 5.92. The van der Waals surface area contributed by atoms with Crippen molar-refractivity contribution in [1.29, 1.82) is 0 Å². The van der Waals surface area contributed by atoms with Crippen LogP contribution in [0.25, 0.3) is 0 Å². The van der Waals surface area contributed by atoms with Crippen LogP contribution in [0.4, 0.5) is 13.2 Å². The lowest BCUT2D eigenvalue weighted by Gasteiger charge is -2.18. The van der Waals surface area contributed by atoms with E-state index in [9.17, 15) is 13.2 Å². The minimum atomic E-state index is -1.18. The van der Waals surface area contributed by atoms with Crippen LogP contribution < -0.4 is 5.32 Å². The molecule has 0 aliphatic carbocycles. The molecule has 1 atom stereocenters. The van der Waals surface area contributed by atoms with E-state index in [4.69, 9.17) is 0 Å². The zero-order chi connectivity index (χ0) is 14.0. The van der Waals surface area contributed by atoms with Crippen molar-refractivity contribution in [3.05, 3.63) is 68.5 Å². The molecule has 0 aromatic heterocycles. The molecule has 1 nitrogen and oxygen atoms in total. The van der Waals surface area contributed by atoms with Crippen molar-refractivity contribution in [1.82, 2.24) is 5.32 Å². The predicted octanol–water partition coefficient (Wildman–Crippen LogP) is 4.02. The fourth-order valence-electron chi connectivity index (χ4n) is 1.92. The molecule has 2 rings (SSSR count). The normalized spacial score (nSPS) is 12.5. The van der Waals surface area contributed by atoms with Crippen molar-refractivity contribution in [3.63, 3.8) is 0 Å². The molecular formula is C14H11F3IN. The molecule has 0 bridgehead atoms. The Labute approximate surface area is 123 Å². The first-order chi connectivity index (χ1) is 9.02. The Morgan fingerprint density at radius 3 is 2.11 bits per heavy atom. The van der Waals surface area contributed by atoms with Crippen LogP contribution in [0.15, 0.2) is 36.4 Å². The van der Waals surface area contributed by atoms with E-state index in [1.165, 1.54) is 0 Å². The van der Waals surface area contributed by atoms with Crippen molar-refractivity contribution in [2.24, 2.45) is 0 Å². The Balaban J connectivity index is 2.47. The topological polar surface area (TPSA) is 12.0 Å². The lowest BCUT2D eigenvalue weighted by molar-refractivity contribution is 0.483. The van der Waals surface area contributed by atoms with Crippen molar-refractivity contribution in [2.45, 2.75) is 6.04 Å². The second-order valence-electron chi connectivity index (χ2n) is 4.06. The maximum Gasteiger partial charge on any atom is 0.161 e. The number of nitrogens with one attached hydrogen (secondary N) is 1. The standard InChI is InChI=1S/C14H11F3IN/c1-19-14(8-2-4-9(18)5-3-8)10-6-12(16)13(17)7-11(10)15/h2-7,14,19H,1H3. The summed E-state index contributed by atoms with van der Waals surface area (Å²) in [7, 11) is 1.64. The van der Waals surface area contributed by atoms with Crippen molar-refractivity contribution < 1.29 is 13.2 Å². The highest BCUT2D eigenvalue weighted by Crippen LogP contribution is 2.26. The number of benzene rings is 2. The fraction of sp³-hybridized carbons (Fsp3) is 0.143. The summed E-state index contributed by atoms with van der Waals surface area (Å²) >= 11 is 2.16. The second-order valence-corrected chi connectivity index (χ2v) is 5.31. The van der Waals surface area contributed by atoms with Gasteiger partial charge in [-0.05, 0) is 53.4 Å². The minimum absolute atomic E-state index is 0.0857. The highest BCUT2D eigenvalue weighted by atomic mass is 127. The van der Waals surface area contributed by atoms with Crippen molar-refractivity contribution >= 4 is 22.6 Å². The van der Waals surface area contributed by atoms with Gasteiger partial charge in [0.1, 0.15) is 5.82 Å². The first-order valence-electron chi connectivity index (χ1n) is 5.60. The first kappa shape index (κ1) is 14.3. The highest BCUT2D eigenvalue weighted by molar-refractivity contribution is 14.1. The molecule has 0 heterocycles. The summed E-state index contributed by atoms with van der Waals surface area (Å²) in [6.07, 6.45) is 0. The third kappa shape index (κ3) is 3.09. The van der Waals surface area contributed by atoms with E-state index < -0.39 is 23.5 Å². The van der Waals surface area contributed by atoms with E-state index in [0.717, 1.165) is 15.2 Å². The molecule has 0 radical (unpaired) electrons. The average Bonchev–Trinajstić information content (AvgIpc) is 2.38. The molecule has 19 heavy (non-hydrogen) atoms. The van der Waals surface area contributed by atoms with E-state index in [-0.39, 0.29) is 5.56 Å². The molecule has 1 N–H and O–H groups in total. The molecule has 0 aliphatic heterocycles. The molecule has 0 saturated heterocycles. The van der Waals surface area contributed by atoms with Crippen LogP contribution in [0.2, 0.25) is 0 Å². The maximum atomic E-state index is 13.8. The van der Waals surface area contributed by atoms with E-state index in [1.807, 2.05) is 24.3 Å². The van der Waals surface area contributed by atoms with E-state index in [0.29, 0.717) is 6.07 Å². The van der Waals surface area contributed by atoms with Crippen molar-refractivity contribution in [2.75, 3.05) is 7.05 Å². The van der Waals surface area contributed by atoms with Crippen LogP contribution in [0.3, 0.4) is 0 Å². The largest absolute Gasteiger partial charge is 0.309 e.